The number of hydrogen-bond donors (Lipinski definition) is 0. The molecule has 41 heavy (non-hydrogen) atoms. The molecule has 0 unspecified atom stereocenters. The average molecular weight is 660 g/mol. The van der Waals surface area contributed by atoms with E-state index >= 15 is 0 Å². The quantitative estimate of drug-likeness (QED) is 0.198. The van der Waals surface area contributed by atoms with Crippen molar-refractivity contribution >= 4 is 10.8 Å². The van der Waals surface area contributed by atoms with Gasteiger partial charge in [-0.1, -0.05) is 60.7 Å². The third kappa shape index (κ3) is 4.87. The fraction of sp³-hybridized carbons (Fsp3) is 0.206. The van der Waals surface area contributed by atoms with Gasteiger partial charge in [0.25, 0.3) is 0 Å². The standard InChI is InChI=1S/C34H30NO5.HI/c1-36-29-14-13-25-27(34(29)37-2)19-35-16-15-24-17-30-31(40-21-39-30)18-26(24)32(35)28(25)20-38-33(22-9-5-3-6-10-22)23-11-7-4-8-12-23;/h3-14,17-19,33H,15-16,20-21H2,1-2H3;1H/q+1;/p-1. The van der Waals surface area contributed by atoms with E-state index in [1.165, 1.54) is 5.56 Å². The summed E-state index contributed by atoms with van der Waals surface area (Å²) in [7, 11) is 3.36. The molecule has 0 amide bonds. The number of benzene rings is 4. The Morgan fingerprint density at radius 3 is 2.15 bits per heavy atom. The number of ether oxygens (including phenoxy) is 5. The second-order valence-corrected chi connectivity index (χ2v) is 10.0. The molecule has 3 heterocycles. The largest absolute Gasteiger partial charge is 1.00 e. The zero-order chi connectivity index (χ0) is 27.1. The number of fused-ring (bicyclic) bond motifs is 5. The van der Waals surface area contributed by atoms with Crippen LogP contribution in [0.1, 0.15) is 28.4 Å². The molecule has 7 rings (SSSR count). The molecule has 0 fully saturated rings. The van der Waals surface area contributed by atoms with Crippen LogP contribution >= 0.6 is 0 Å². The highest BCUT2D eigenvalue weighted by Crippen LogP contribution is 2.44. The Hall–Kier alpha value is -3.82. The lowest BCUT2D eigenvalue weighted by Crippen LogP contribution is -3.00. The maximum absolute atomic E-state index is 6.87. The first kappa shape index (κ1) is 27.4. The SMILES string of the molecule is COc1ccc2c(COC(c3ccccc3)c3ccccc3)c3[n+](cc2c1OC)CCc1cc2c(cc1-3)OCO2.[I-]. The van der Waals surface area contributed by atoms with Crippen molar-refractivity contribution in [3.8, 4) is 34.3 Å². The van der Waals surface area contributed by atoms with Crippen molar-refractivity contribution in [3.63, 3.8) is 0 Å². The smallest absolute Gasteiger partial charge is 0.231 e. The van der Waals surface area contributed by atoms with Gasteiger partial charge in [-0.3, -0.25) is 0 Å². The molecule has 0 N–H and O–H groups in total. The molecule has 2 aliphatic rings. The van der Waals surface area contributed by atoms with Gasteiger partial charge in [-0.2, -0.15) is 4.57 Å². The van der Waals surface area contributed by atoms with Gasteiger partial charge in [-0.25, -0.2) is 0 Å². The molecule has 5 aromatic rings. The van der Waals surface area contributed by atoms with Crippen LogP contribution in [0.4, 0.5) is 0 Å². The van der Waals surface area contributed by atoms with Gasteiger partial charge < -0.3 is 47.7 Å². The number of hydrogen-bond acceptors (Lipinski definition) is 5. The molecule has 208 valence electrons. The first-order valence-corrected chi connectivity index (χ1v) is 13.5. The van der Waals surface area contributed by atoms with Gasteiger partial charge >= 0.3 is 0 Å². The summed E-state index contributed by atoms with van der Waals surface area (Å²) in [4.78, 5) is 0. The predicted molar refractivity (Wildman–Crippen MR) is 152 cm³/mol. The van der Waals surface area contributed by atoms with Gasteiger partial charge in [0, 0.05) is 11.8 Å². The number of methoxy groups -OCH3 is 2. The summed E-state index contributed by atoms with van der Waals surface area (Å²) < 4.78 is 32.2. The highest BCUT2D eigenvalue weighted by atomic mass is 127. The minimum Gasteiger partial charge on any atom is -1.00 e. The second-order valence-electron chi connectivity index (χ2n) is 10.0. The fourth-order valence-corrected chi connectivity index (χ4v) is 5.96. The Morgan fingerprint density at radius 1 is 0.805 bits per heavy atom. The Bertz CT molecular complexity index is 1670. The van der Waals surface area contributed by atoms with Crippen molar-refractivity contribution < 1.29 is 52.2 Å². The highest BCUT2D eigenvalue weighted by molar-refractivity contribution is 5.95. The number of rotatable bonds is 7. The van der Waals surface area contributed by atoms with E-state index in [2.05, 4.69) is 77.5 Å². The molecule has 0 aliphatic carbocycles. The van der Waals surface area contributed by atoms with Gasteiger partial charge in [0.15, 0.2) is 35.7 Å². The minimum absolute atomic E-state index is 0. The third-order valence-corrected chi connectivity index (χ3v) is 7.84. The molecule has 2 aliphatic heterocycles. The van der Waals surface area contributed by atoms with E-state index in [1.807, 2.05) is 18.2 Å². The molecule has 0 saturated carbocycles. The lowest BCUT2D eigenvalue weighted by molar-refractivity contribution is -0.686. The summed E-state index contributed by atoms with van der Waals surface area (Å²) in [5.74, 6) is 3.01. The van der Waals surface area contributed by atoms with E-state index in [4.69, 9.17) is 23.7 Å². The zero-order valence-electron chi connectivity index (χ0n) is 22.9. The van der Waals surface area contributed by atoms with Crippen molar-refractivity contribution in [3.05, 3.63) is 113 Å². The van der Waals surface area contributed by atoms with Gasteiger partial charge in [0.2, 0.25) is 12.5 Å². The summed E-state index contributed by atoms with van der Waals surface area (Å²) in [6, 6.07) is 29.1. The average Bonchev–Trinajstić information content (AvgIpc) is 3.47. The van der Waals surface area contributed by atoms with Gasteiger partial charge in [-0.15, -0.1) is 0 Å². The summed E-state index contributed by atoms with van der Waals surface area (Å²) in [5, 5.41) is 2.05. The maximum atomic E-state index is 6.87. The third-order valence-electron chi connectivity index (χ3n) is 7.84. The normalized spacial score (nSPS) is 13.0. The van der Waals surface area contributed by atoms with Crippen LogP contribution in [0.2, 0.25) is 0 Å². The van der Waals surface area contributed by atoms with Crippen molar-refractivity contribution in [1.29, 1.82) is 0 Å². The van der Waals surface area contributed by atoms with Crippen LogP contribution in [0.5, 0.6) is 23.0 Å². The van der Waals surface area contributed by atoms with Crippen LogP contribution in [0.25, 0.3) is 22.0 Å². The molecule has 0 saturated heterocycles. The van der Waals surface area contributed by atoms with Crippen LogP contribution in [0, 0.1) is 0 Å². The molecular formula is C34H30INO5. The van der Waals surface area contributed by atoms with Gasteiger partial charge in [-0.05, 0) is 41.0 Å². The van der Waals surface area contributed by atoms with Gasteiger partial charge in [0.1, 0.15) is 6.10 Å². The number of aromatic nitrogens is 1. The van der Waals surface area contributed by atoms with Crippen molar-refractivity contribution in [1.82, 2.24) is 0 Å². The molecule has 1 aromatic heterocycles. The first-order valence-electron chi connectivity index (χ1n) is 13.5. The first-order chi connectivity index (χ1) is 19.7. The molecule has 6 nitrogen and oxygen atoms in total. The molecule has 0 spiro atoms. The Morgan fingerprint density at radius 2 is 1.49 bits per heavy atom. The number of aryl methyl sites for hydroxylation is 2. The van der Waals surface area contributed by atoms with Crippen LogP contribution < -0.4 is 47.5 Å². The Labute approximate surface area is 256 Å². The fourth-order valence-electron chi connectivity index (χ4n) is 5.96. The molecule has 0 bridgehead atoms. The van der Waals surface area contributed by atoms with E-state index in [1.54, 1.807) is 14.2 Å². The predicted octanol–water partition coefficient (Wildman–Crippen LogP) is 3.41. The van der Waals surface area contributed by atoms with Crippen molar-refractivity contribution in [2.75, 3.05) is 21.0 Å². The second kappa shape index (κ2) is 11.6. The molecular weight excluding hydrogens is 629 g/mol. The zero-order valence-corrected chi connectivity index (χ0v) is 25.1. The molecule has 0 radical (unpaired) electrons. The lowest BCUT2D eigenvalue weighted by Gasteiger charge is -2.23. The van der Waals surface area contributed by atoms with Crippen LogP contribution in [0.15, 0.2) is 91.1 Å². The summed E-state index contributed by atoms with van der Waals surface area (Å²) in [6.07, 6.45) is 2.84. The summed E-state index contributed by atoms with van der Waals surface area (Å²) >= 11 is 0. The van der Waals surface area contributed by atoms with E-state index in [-0.39, 0.29) is 36.9 Å². The van der Waals surface area contributed by atoms with E-state index < -0.39 is 0 Å². The van der Waals surface area contributed by atoms with E-state index in [0.717, 1.165) is 68.9 Å². The molecule has 7 heteroatoms. The Balaban J connectivity index is 0.00000302. The maximum Gasteiger partial charge on any atom is 0.231 e. The number of pyridine rings is 1. The minimum atomic E-state index is -0.224. The van der Waals surface area contributed by atoms with Crippen LogP contribution in [-0.4, -0.2) is 21.0 Å². The van der Waals surface area contributed by atoms with Crippen molar-refractivity contribution in [2.45, 2.75) is 25.7 Å². The monoisotopic (exact) mass is 659 g/mol. The summed E-state index contributed by atoms with van der Waals surface area (Å²) in [6.45, 7) is 1.47. The summed E-state index contributed by atoms with van der Waals surface area (Å²) in [5.41, 5.74) is 6.82. The van der Waals surface area contributed by atoms with Crippen molar-refractivity contribution in [2.24, 2.45) is 0 Å². The number of nitrogens with zero attached hydrogens (tertiary/aromatic N) is 1. The Kier molecular flexibility index (Phi) is 7.73. The van der Waals surface area contributed by atoms with Gasteiger partial charge in [0.05, 0.1) is 37.3 Å². The lowest BCUT2D eigenvalue weighted by atomic mass is 9.91. The van der Waals surface area contributed by atoms with Crippen LogP contribution in [-0.2, 0) is 24.3 Å². The topological polar surface area (TPSA) is 50.0 Å². The molecule has 0 atom stereocenters. The number of halogens is 1. The van der Waals surface area contributed by atoms with E-state index in [0.29, 0.717) is 12.4 Å². The highest BCUT2D eigenvalue weighted by Gasteiger charge is 2.33. The van der Waals surface area contributed by atoms with E-state index in [9.17, 15) is 0 Å². The molecule has 4 aromatic carbocycles. The van der Waals surface area contributed by atoms with Crippen LogP contribution in [0.3, 0.4) is 0 Å².